The minimum Gasteiger partial charge on any atom is -0.351 e. The number of hydrogen-bond acceptors (Lipinski definition) is 6. The third-order valence-electron chi connectivity index (χ3n) is 5.27. The maximum Gasteiger partial charge on any atom is 0.261 e. The van der Waals surface area contributed by atoms with Gasteiger partial charge < -0.3 is 20.4 Å². The number of nitrogens with one attached hydrogen (secondary N) is 2. The molecule has 1 aliphatic rings. The second-order valence-corrected chi connectivity index (χ2v) is 10.3. The number of carbonyl (C=O) groups is 2. The van der Waals surface area contributed by atoms with Gasteiger partial charge in [-0.05, 0) is 64.0 Å². The normalized spacial score (nSPS) is 15.3. The van der Waals surface area contributed by atoms with Crippen LogP contribution >= 0.6 is 22.7 Å². The first-order valence-corrected chi connectivity index (χ1v) is 12.3. The molecule has 0 saturated carbocycles. The first-order valence-electron chi connectivity index (χ1n) is 10.7. The topological polar surface area (TPSA) is 64.7 Å². The molecule has 1 fully saturated rings. The van der Waals surface area contributed by atoms with Crippen molar-refractivity contribution in [2.45, 2.75) is 26.7 Å². The number of piperazine rings is 1. The molecule has 8 heteroatoms. The number of carbonyl (C=O) groups excluding carboxylic acids is 2. The summed E-state index contributed by atoms with van der Waals surface area (Å²) in [6, 6.07) is 7.75. The van der Waals surface area contributed by atoms with Gasteiger partial charge in [-0.1, -0.05) is 0 Å². The fourth-order valence-corrected chi connectivity index (χ4v) is 5.10. The lowest BCUT2D eigenvalue weighted by molar-refractivity contribution is 0.0938. The summed E-state index contributed by atoms with van der Waals surface area (Å²) in [6.07, 6.45) is 1.95. The lowest BCUT2D eigenvalue weighted by atomic mass is 10.2. The van der Waals surface area contributed by atoms with Crippen LogP contribution in [0.4, 0.5) is 0 Å². The van der Waals surface area contributed by atoms with E-state index < -0.39 is 0 Å². The van der Waals surface area contributed by atoms with Crippen LogP contribution in [0, 0.1) is 13.8 Å². The standard InChI is InChI=1S/C22H32N4O2S2/c1-17-5-7-19(29-17)21(27)23-9-3-11-25-13-15-26(16-14-25)12-4-10-24-22(28)20-8-6-18(2)30-20/h5-8H,3-4,9-16H2,1-2H3,(H,23,27)(H,24,28). The zero-order chi connectivity index (χ0) is 21.3. The molecule has 2 aromatic heterocycles. The van der Waals surface area contributed by atoms with Gasteiger partial charge in [-0.3, -0.25) is 9.59 Å². The van der Waals surface area contributed by atoms with Crippen molar-refractivity contribution in [3.05, 3.63) is 43.8 Å². The van der Waals surface area contributed by atoms with E-state index in [1.807, 2.05) is 38.1 Å². The van der Waals surface area contributed by atoms with E-state index in [4.69, 9.17) is 0 Å². The van der Waals surface area contributed by atoms with Crippen LogP contribution in [0.5, 0.6) is 0 Å². The SMILES string of the molecule is Cc1ccc(C(=O)NCCCN2CCN(CCCNC(=O)c3ccc(C)s3)CC2)s1. The van der Waals surface area contributed by atoms with E-state index in [0.717, 1.165) is 84.7 Å². The highest BCUT2D eigenvalue weighted by Crippen LogP contribution is 2.15. The number of nitrogens with zero attached hydrogens (tertiary/aromatic N) is 2. The molecular formula is C22H32N4O2S2. The minimum atomic E-state index is 0.0409. The van der Waals surface area contributed by atoms with Crippen molar-refractivity contribution in [1.29, 1.82) is 0 Å². The molecule has 2 aromatic rings. The van der Waals surface area contributed by atoms with Crippen molar-refractivity contribution >= 4 is 34.5 Å². The largest absolute Gasteiger partial charge is 0.351 e. The maximum atomic E-state index is 12.1. The quantitative estimate of drug-likeness (QED) is 0.549. The van der Waals surface area contributed by atoms with Crippen LogP contribution < -0.4 is 10.6 Å². The summed E-state index contributed by atoms with van der Waals surface area (Å²) in [5.74, 6) is 0.0819. The molecule has 2 N–H and O–H groups in total. The summed E-state index contributed by atoms with van der Waals surface area (Å²) in [4.78, 5) is 33.0. The Morgan fingerprint density at radius 3 is 1.50 bits per heavy atom. The van der Waals surface area contributed by atoms with Gasteiger partial charge in [0.05, 0.1) is 9.75 Å². The van der Waals surface area contributed by atoms with Gasteiger partial charge in [0, 0.05) is 49.0 Å². The minimum absolute atomic E-state index is 0.0409. The first-order chi connectivity index (χ1) is 14.5. The van der Waals surface area contributed by atoms with Gasteiger partial charge in [-0.25, -0.2) is 0 Å². The van der Waals surface area contributed by atoms with E-state index in [1.165, 1.54) is 0 Å². The van der Waals surface area contributed by atoms with Gasteiger partial charge in [-0.2, -0.15) is 0 Å². The predicted octanol–water partition coefficient (Wildman–Crippen LogP) is 2.98. The Labute approximate surface area is 187 Å². The van der Waals surface area contributed by atoms with Crippen molar-refractivity contribution in [2.75, 3.05) is 52.4 Å². The van der Waals surface area contributed by atoms with E-state index in [9.17, 15) is 9.59 Å². The Morgan fingerprint density at radius 1 is 0.767 bits per heavy atom. The van der Waals surface area contributed by atoms with E-state index in [0.29, 0.717) is 0 Å². The summed E-state index contributed by atoms with van der Waals surface area (Å²) in [6.45, 7) is 11.8. The zero-order valence-corrected chi connectivity index (χ0v) is 19.5. The van der Waals surface area contributed by atoms with Crippen molar-refractivity contribution in [2.24, 2.45) is 0 Å². The van der Waals surface area contributed by atoms with Crippen LogP contribution in [-0.2, 0) is 0 Å². The molecule has 0 atom stereocenters. The highest BCUT2D eigenvalue weighted by atomic mass is 32.1. The van der Waals surface area contributed by atoms with Gasteiger partial charge in [0.2, 0.25) is 0 Å². The molecule has 3 heterocycles. The third-order valence-corrected chi connectivity index (χ3v) is 7.27. The van der Waals surface area contributed by atoms with Crippen molar-refractivity contribution < 1.29 is 9.59 Å². The predicted molar refractivity (Wildman–Crippen MR) is 125 cm³/mol. The monoisotopic (exact) mass is 448 g/mol. The summed E-state index contributed by atoms with van der Waals surface area (Å²) < 4.78 is 0. The highest BCUT2D eigenvalue weighted by molar-refractivity contribution is 7.14. The van der Waals surface area contributed by atoms with Crippen LogP contribution in [0.1, 0.15) is 41.9 Å². The molecule has 30 heavy (non-hydrogen) atoms. The zero-order valence-electron chi connectivity index (χ0n) is 17.9. The molecule has 0 aliphatic carbocycles. The number of amides is 2. The van der Waals surface area contributed by atoms with Crippen molar-refractivity contribution in [3.63, 3.8) is 0 Å². The lowest BCUT2D eigenvalue weighted by Crippen LogP contribution is -2.47. The first kappa shape index (κ1) is 22.9. The molecule has 1 aliphatic heterocycles. The smallest absolute Gasteiger partial charge is 0.261 e. The molecule has 164 valence electrons. The van der Waals surface area contributed by atoms with Crippen LogP contribution in [0.25, 0.3) is 0 Å². The number of thiophene rings is 2. The number of hydrogen-bond donors (Lipinski definition) is 2. The highest BCUT2D eigenvalue weighted by Gasteiger charge is 2.16. The van der Waals surface area contributed by atoms with Gasteiger partial charge in [0.1, 0.15) is 0 Å². The van der Waals surface area contributed by atoms with E-state index in [-0.39, 0.29) is 11.8 Å². The maximum absolute atomic E-state index is 12.1. The molecular weight excluding hydrogens is 416 g/mol. The van der Waals surface area contributed by atoms with Crippen LogP contribution in [0.15, 0.2) is 24.3 Å². The fourth-order valence-electron chi connectivity index (χ4n) is 3.53. The van der Waals surface area contributed by atoms with Gasteiger partial charge in [0.15, 0.2) is 0 Å². The average molecular weight is 449 g/mol. The number of aryl methyl sites for hydroxylation is 2. The second-order valence-electron chi connectivity index (χ2n) is 7.72. The molecule has 2 amide bonds. The van der Waals surface area contributed by atoms with Crippen LogP contribution in [-0.4, -0.2) is 74.0 Å². The van der Waals surface area contributed by atoms with E-state index >= 15 is 0 Å². The molecule has 0 bridgehead atoms. The second kappa shape index (κ2) is 11.6. The van der Waals surface area contributed by atoms with Crippen LogP contribution in [0.3, 0.4) is 0 Å². The molecule has 0 aromatic carbocycles. The van der Waals surface area contributed by atoms with E-state index in [2.05, 4.69) is 20.4 Å². The Balaban J connectivity index is 1.21. The Morgan fingerprint density at radius 2 is 1.17 bits per heavy atom. The van der Waals surface area contributed by atoms with E-state index in [1.54, 1.807) is 22.7 Å². The molecule has 3 rings (SSSR count). The Bertz CT molecular complexity index is 756. The van der Waals surface area contributed by atoms with Gasteiger partial charge in [0.25, 0.3) is 11.8 Å². The summed E-state index contributed by atoms with van der Waals surface area (Å²) >= 11 is 3.08. The third kappa shape index (κ3) is 7.19. The fraction of sp³-hybridized carbons (Fsp3) is 0.545. The molecule has 6 nitrogen and oxygen atoms in total. The average Bonchev–Trinajstić information content (AvgIpc) is 3.37. The van der Waals surface area contributed by atoms with Crippen molar-refractivity contribution in [1.82, 2.24) is 20.4 Å². The summed E-state index contributed by atoms with van der Waals surface area (Å²) in [5.41, 5.74) is 0. The number of rotatable bonds is 10. The molecule has 0 unspecified atom stereocenters. The lowest BCUT2D eigenvalue weighted by Gasteiger charge is -2.34. The van der Waals surface area contributed by atoms with Crippen LogP contribution in [0.2, 0.25) is 0 Å². The van der Waals surface area contributed by atoms with Crippen molar-refractivity contribution in [3.8, 4) is 0 Å². The Kier molecular flexibility index (Phi) is 8.87. The summed E-state index contributed by atoms with van der Waals surface area (Å²) in [7, 11) is 0. The van der Waals surface area contributed by atoms with Gasteiger partial charge in [-0.15, -0.1) is 22.7 Å². The van der Waals surface area contributed by atoms with Gasteiger partial charge >= 0.3 is 0 Å². The summed E-state index contributed by atoms with van der Waals surface area (Å²) in [5, 5.41) is 6.04. The Hall–Kier alpha value is -1.74. The molecule has 1 saturated heterocycles. The molecule has 0 spiro atoms. The molecule has 0 radical (unpaired) electrons.